The van der Waals surface area contributed by atoms with E-state index >= 15 is 0 Å². The van der Waals surface area contributed by atoms with Gasteiger partial charge in [-0.3, -0.25) is 16.0 Å². The van der Waals surface area contributed by atoms with Gasteiger partial charge >= 0.3 is 0 Å². The number of thiazole rings is 1. The highest BCUT2D eigenvalue weighted by molar-refractivity contribution is 7.09. The maximum absolute atomic E-state index is 5.65. The summed E-state index contributed by atoms with van der Waals surface area (Å²) in [5, 5.41) is 7.56. The second kappa shape index (κ2) is 5.60. The van der Waals surface area contributed by atoms with Crippen LogP contribution in [0, 0.1) is 13.8 Å². The Morgan fingerprint density at radius 1 is 1.50 bits per heavy atom. The van der Waals surface area contributed by atoms with Crippen molar-refractivity contribution in [1.82, 2.24) is 20.2 Å². The molecule has 0 fully saturated rings. The Labute approximate surface area is 111 Å². The molecule has 2 heterocycles. The molecule has 0 saturated heterocycles. The second-order valence-electron chi connectivity index (χ2n) is 4.31. The number of aromatic nitrogens is 3. The molecule has 0 aliphatic heterocycles. The van der Waals surface area contributed by atoms with E-state index in [9.17, 15) is 0 Å². The second-order valence-corrected chi connectivity index (χ2v) is 5.37. The first kappa shape index (κ1) is 13.2. The van der Waals surface area contributed by atoms with Gasteiger partial charge in [-0.25, -0.2) is 4.98 Å². The maximum Gasteiger partial charge on any atom is 0.0898 e. The first-order valence-electron chi connectivity index (χ1n) is 6.05. The molecule has 3 N–H and O–H groups in total. The van der Waals surface area contributed by atoms with Crippen molar-refractivity contribution in [3.8, 4) is 0 Å². The molecule has 6 heteroatoms. The zero-order chi connectivity index (χ0) is 13.1. The van der Waals surface area contributed by atoms with Crippen molar-refractivity contribution >= 4 is 11.3 Å². The summed E-state index contributed by atoms with van der Waals surface area (Å²) in [7, 11) is 0. The Morgan fingerprint density at radius 2 is 2.28 bits per heavy atom. The molecule has 0 aromatic carbocycles. The Bertz CT molecular complexity index is 516. The number of nitrogens with one attached hydrogen (secondary N) is 1. The summed E-state index contributed by atoms with van der Waals surface area (Å²) in [5.41, 5.74) is 6.07. The van der Waals surface area contributed by atoms with E-state index in [1.807, 2.05) is 18.5 Å². The van der Waals surface area contributed by atoms with Crippen LogP contribution in [0.2, 0.25) is 0 Å². The maximum atomic E-state index is 5.65. The summed E-state index contributed by atoms with van der Waals surface area (Å²) in [6, 6.07) is 2.14. The van der Waals surface area contributed by atoms with Crippen LogP contribution >= 0.6 is 11.3 Å². The van der Waals surface area contributed by atoms with Gasteiger partial charge in [0.2, 0.25) is 0 Å². The third-order valence-corrected chi connectivity index (χ3v) is 3.68. The van der Waals surface area contributed by atoms with E-state index in [0.717, 1.165) is 29.4 Å². The number of rotatable bonds is 5. The van der Waals surface area contributed by atoms with Crippen LogP contribution in [0.5, 0.6) is 0 Å². The molecule has 0 bridgehead atoms. The van der Waals surface area contributed by atoms with Crippen molar-refractivity contribution < 1.29 is 0 Å². The third kappa shape index (κ3) is 2.77. The van der Waals surface area contributed by atoms with Crippen LogP contribution in [0.3, 0.4) is 0 Å². The Kier molecular flexibility index (Phi) is 4.11. The van der Waals surface area contributed by atoms with Crippen LogP contribution in [0.4, 0.5) is 0 Å². The molecule has 0 aliphatic rings. The zero-order valence-electron chi connectivity index (χ0n) is 11.0. The van der Waals surface area contributed by atoms with E-state index in [2.05, 4.69) is 33.9 Å². The molecule has 1 unspecified atom stereocenters. The highest BCUT2D eigenvalue weighted by Crippen LogP contribution is 2.20. The van der Waals surface area contributed by atoms with Gasteiger partial charge in [0.05, 0.1) is 22.4 Å². The molecule has 0 amide bonds. The fourth-order valence-corrected chi connectivity index (χ4v) is 2.70. The van der Waals surface area contributed by atoms with Crippen LogP contribution in [0.25, 0.3) is 0 Å². The summed E-state index contributed by atoms with van der Waals surface area (Å²) < 4.78 is 2.01. The average molecular weight is 265 g/mol. The lowest BCUT2D eigenvalue weighted by Gasteiger charge is -2.14. The third-order valence-electron chi connectivity index (χ3n) is 2.89. The normalized spacial score (nSPS) is 12.9. The molecule has 2 aromatic rings. The van der Waals surface area contributed by atoms with Crippen molar-refractivity contribution in [3.63, 3.8) is 0 Å². The summed E-state index contributed by atoms with van der Waals surface area (Å²) in [5.74, 6) is 5.65. The molecule has 98 valence electrons. The van der Waals surface area contributed by atoms with E-state index < -0.39 is 0 Å². The van der Waals surface area contributed by atoms with Crippen LogP contribution in [0.1, 0.15) is 35.1 Å². The van der Waals surface area contributed by atoms with Gasteiger partial charge in [0, 0.05) is 24.0 Å². The van der Waals surface area contributed by atoms with Crippen molar-refractivity contribution in [2.75, 3.05) is 0 Å². The van der Waals surface area contributed by atoms with Gasteiger partial charge < -0.3 is 0 Å². The number of nitrogens with zero attached hydrogens (tertiary/aromatic N) is 3. The SMILES string of the molecule is CCn1nc(C)cc1CC(NN)c1csc(C)n1. The van der Waals surface area contributed by atoms with Crippen LogP contribution in [-0.2, 0) is 13.0 Å². The standard InChI is InChI=1S/C12H19N5S/c1-4-17-10(5-8(2)16-17)6-11(15-13)12-7-18-9(3)14-12/h5,7,11,15H,4,6,13H2,1-3H3. The van der Waals surface area contributed by atoms with E-state index in [4.69, 9.17) is 5.84 Å². The van der Waals surface area contributed by atoms with Crippen molar-refractivity contribution in [2.24, 2.45) is 5.84 Å². The predicted molar refractivity (Wildman–Crippen MR) is 73.3 cm³/mol. The number of hydrogen-bond acceptors (Lipinski definition) is 5. The Morgan fingerprint density at radius 3 is 2.83 bits per heavy atom. The zero-order valence-corrected chi connectivity index (χ0v) is 11.8. The van der Waals surface area contributed by atoms with Gasteiger partial charge in [-0.15, -0.1) is 11.3 Å². The molecular formula is C12H19N5S. The summed E-state index contributed by atoms with van der Waals surface area (Å²) in [6.07, 6.45) is 0.800. The molecule has 0 spiro atoms. The number of hydrazine groups is 1. The number of nitrogens with two attached hydrogens (primary N) is 1. The highest BCUT2D eigenvalue weighted by Gasteiger charge is 2.16. The molecule has 2 rings (SSSR count). The van der Waals surface area contributed by atoms with Gasteiger partial charge in [0.25, 0.3) is 0 Å². The minimum Gasteiger partial charge on any atom is -0.271 e. The summed E-state index contributed by atoms with van der Waals surface area (Å²) in [4.78, 5) is 4.49. The lowest BCUT2D eigenvalue weighted by molar-refractivity contribution is 0.508. The van der Waals surface area contributed by atoms with E-state index in [1.165, 1.54) is 5.69 Å². The topological polar surface area (TPSA) is 68.8 Å². The monoisotopic (exact) mass is 265 g/mol. The minimum absolute atomic E-state index is 0.0383. The quantitative estimate of drug-likeness (QED) is 0.638. The van der Waals surface area contributed by atoms with Gasteiger partial charge in [0.15, 0.2) is 0 Å². The average Bonchev–Trinajstić information content (AvgIpc) is 2.92. The lowest BCUT2D eigenvalue weighted by Crippen LogP contribution is -2.30. The number of hydrogen-bond donors (Lipinski definition) is 2. The minimum atomic E-state index is 0.0383. The fourth-order valence-electron chi connectivity index (χ4n) is 2.04. The lowest BCUT2D eigenvalue weighted by atomic mass is 10.1. The molecule has 0 radical (unpaired) electrons. The van der Waals surface area contributed by atoms with Crippen molar-refractivity contribution in [2.45, 2.75) is 39.8 Å². The molecule has 1 atom stereocenters. The van der Waals surface area contributed by atoms with E-state index in [1.54, 1.807) is 11.3 Å². The predicted octanol–water partition coefficient (Wildman–Crippen LogP) is 1.72. The summed E-state index contributed by atoms with van der Waals surface area (Å²) >= 11 is 1.64. The van der Waals surface area contributed by atoms with E-state index in [0.29, 0.717) is 0 Å². The molecule has 18 heavy (non-hydrogen) atoms. The fraction of sp³-hybridized carbons (Fsp3) is 0.500. The van der Waals surface area contributed by atoms with Crippen molar-refractivity contribution in [1.29, 1.82) is 0 Å². The van der Waals surface area contributed by atoms with Gasteiger partial charge in [-0.2, -0.15) is 5.10 Å². The highest BCUT2D eigenvalue weighted by atomic mass is 32.1. The first-order chi connectivity index (χ1) is 8.63. The molecule has 5 nitrogen and oxygen atoms in total. The van der Waals surface area contributed by atoms with Gasteiger partial charge in [-0.1, -0.05) is 0 Å². The largest absolute Gasteiger partial charge is 0.271 e. The van der Waals surface area contributed by atoms with Gasteiger partial charge in [0.1, 0.15) is 0 Å². The molecule has 0 aliphatic carbocycles. The van der Waals surface area contributed by atoms with Crippen LogP contribution in [-0.4, -0.2) is 14.8 Å². The van der Waals surface area contributed by atoms with Crippen LogP contribution < -0.4 is 11.3 Å². The molecular weight excluding hydrogens is 246 g/mol. The molecule has 2 aromatic heterocycles. The van der Waals surface area contributed by atoms with Crippen molar-refractivity contribution in [3.05, 3.63) is 33.5 Å². The first-order valence-corrected chi connectivity index (χ1v) is 6.93. The Hall–Kier alpha value is -1.24. The molecule has 0 saturated carbocycles. The Balaban J connectivity index is 2.19. The smallest absolute Gasteiger partial charge is 0.0898 e. The van der Waals surface area contributed by atoms with Gasteiger partial charge in [-0.05, 0) is 26.8 Å². The van der Waals surface area contributed by atoms with E-state index in [-0.39, 0.29) is 6.04 Å². The number of aryl methyl sites for hydroxylation is 3. The van der Waals surface area contributed by atoms with Crippen LogP contribution in [0.15, 0.2) is 11.4 Å². The summed E-state index contributed by atoms with van der Waals surface area (Å²) in [6.45, 7) is 6.97.